The van der Waals surface area contributed by atoms with E-state index >= 15 is 0 Å². The smallest absolute Gasteiger partial charge is 0.214 e. The molecule has 0 aromatic heterocycles. The highest BCUT2D eigenvalue weighted by atomic mass is 32.2. The molecule has 6 heteroatoms. The summed E-state index contributed by atoms with van der Waals surface area (Å²) in [6, 6.07) is 5.77. The van der Waals surface area contributed by atoms with Crippen molar-refractivity contribution in [3.63, 3.8) is 0 Å². The van der Waals surface area contributed by atoms with Gasteiger partial charge in [0, 0.05) is 12.6 Å². The topological polar surface area (TPSA) is 55.8 Å². The van der Waals surface area contributed by atoms with Crippen LogP contribution >= 0.6 is 0 Å². The molecule has 136 valence electrons. The Labute approximate surface area is 146 Å². The molecule has 0 saturated heterocycles. The van der Waals surface area contributed by atoms with Gasteiger partial charge in [-0.1, -0.05) is 18.9 Å². The molecule has 24 heavy (non-hydrogen) atoms. The van der Waals surface area contributed by atoms with Gasteiger partial charge in [-0.3, -0.25) is 0 Å². The maximum atomic E-state index is 12.5. The molecule has 1 aliphatic rings. The molecule has 0 heterocycles. The van der Waals surface area contributed by atoms with Crippen molar-refractivity contribution in [3.05, 3.63) is 23.8 Å². The maximum absolute atomic E-state index is 12.5. The van der Waals surface area contributed by atoms with E-state index in [0.29, 0.717) is 18.0 Å². The van der Waals surface area contributed by atoms with Crippen LogP contribution in [-0.4, -0.2) is 37.7 Å². The van der Waals surface area contributed by atoms with Gasteiger partial charge in [-0.05, 0) is 51.3 Å². The quantitative estimate of drug-likeness (QED) is 0.715. The van der Waals surface area contributed by atoms with E-state index in [4.69, 9.17) is 9.47 Å². The fourth-order valence-corrected chi connectivity index (χ4v) is 4.50. The third-order valence-electron chi connectivity index (χ3n) is 4.38. The first-order valence-corrected chi connectivity index (χ1v) is 10.3. The van der Waals surface area contributed by atoms with Crippen LogP contribution in [0.15, 0.2) is 18.2 Å². The van der Waals surface area contributed by atoms with Crippen LogP contribution in [0, 0.1) is 0 Å². The fourth-order valence-electron chi connectivity index (χ4n) is 3.16. The molecule has 0 unspecified atom stereocenters. The van der Waals surface area contributed by atoms with Gasteiger partial charge in [0.1, 0.15) is 0 Å². The zero-order valence-electron chi connectivity index (χ0n) is 15.1. The zero-order valence-corrected chi connectivity index (χ0v) is 15.9. The summed E-state index contributed by atoms with van der Waals surface area (Å²) in [6.45, 7) is 6.01. The van der Waals surface area contributed by atoms with Crippen molar-refractivity contribution in [3.8, 4) is 11.5 Å². The first-order valence-electron chi connectivity index (χ1n) is 8.70. The molecule has 1 aliphatic carbocycles. The highest BCUT2D eigenvalue weighted by Gasteiger charge is 2.31. The highest BCUT2D eigenvalue weighted by molar-refractivity contribution is 7.89. The lowest BCUT2D eigenvalue weighted by Gasteiger charge is -2.28. The van der Waals surface area contributed by atoms with Gasteiger partial charge in [0.15, 0.2) is 11.5 Å². The number of benzene rings is 1. The molecule has 1 aromatic rings. The van der Waals surface area contributed by atoms with Gasteiger partial charge in [-0.25, -0.2) is 8.42 Å². The van der Waals surface area contributed by atoms with Crippen LogP contribution in [0.2, 0.25) is 0 Å². The Morgan fingerprint density at radius 3 is 2.42 bits per heavy atom. The second-order valence-corrected chi connectivity index (χ2v) is 8.75. The molecule has 0 aliphatic heterocycles. The molecule has 0 spiro atoms. The molecule has 1 aromatic carbocycles. The van der Waals surface area contributed by atoms with Crippen molar-refractivity contribution in [1.82, 2.24) is 4.31 Å². The van der Waals surface area contributed by atoms with E-state index in [1.807, 2.05) is 32.0 Å². The van der Waals surface area contributed by atoms with Crippen LogP contribution in [0.5, 0.6) is 11.5 Å². The van der Waals surface area contributed by atoms with Gasteiger partial charge < -0.3 is 9.47 Å². The molecule has 0 bridgehead atoms. The SMILES string of the molecule is CCS(=O)(=O)N(Cc1ccc(OC)c(OC(C)C)c1)C1CCCC1. The van der Waals surface area contributed by atoms with E-state index in [1.54, 1.807) is 18.3 Å². The molecule has 0 amide bonds. The number of methoxy groups -OCH3 is 1. The average molecular weight is 356 g/mol. The predicted octanol–water partition coefficient (Wildman–Crippen LogP) is 3.58. The predicted molar refractivity (Wildman–Crippen MR) is 96.0 cm³/mol. The van der Waals surface area contributed by atoms with Crippen molar-refractivity contribution in [2.45, 2.75) is 65.1 Å². The third-order valence-corrected chi connectivity index (χ3v) is 6.25. The second kappa shape index (κ2) is 8.21. The first kappa shape index (κ1) is 19.1. The summed E-state index contributed by atoms with van der Waals surface area (Å²) in [5.74, 6) is 1.46. The summed E-state index contributed by atoms with van der Waals surface area (Å²) in [6.07, 6.45) is 4.13. The fraction of sp³-hybridized carbons (Fsp3) is 0.667. The van der Waals surface area contributed by atoms with Gasteiger partial charge in [0.25, 0.3) is 0 Å². The van der Waals surface area contributed by atoms with Gasteiger partial charge in [0.05, 0.1) is 19.0 Å². The Kier molecular flexibility index (Phi) is 6.52. The van der Waals surface area contributed by atoms with E-state index in [-0.39, 0.29) is 17.9 Å². The van der Waals surface area contributed by atoms with E-state index in [2.05, 4.69) is 0 Å². The van der Waals surface area contributed by atoms with E-state index in [0.717, 1.165) is 31.2 Å². The molecule has 2 rings (SSSR count). The Morgan fingerprint density at radius 1 is 1.21 bits per heavy atom. The monoisotopic (exact) mass is 355 g/mol. The Hall–Kier alpha value is -1.27. The minimum Gasteiger partial charge on any atom is -0.493 e. The van der Waals surface area contributed by atoms with Crippen molar-refractivity contribution in [2.24, 2.45) is 0 Å². The average Bonchev–Trinajstić information content (AvgIpc) is 3.06. The molecule has 5 nitrogen and oxygen atoms in total. The van der Waals surface area contributed by atoms with Crippen LogP contribution in [0.3, 0.4) is 0 Å². The van der Waals surface area contributed by atoms with Crippen molar-refractivity contribution in [2.75, 3.05) is 12.9 Å². The maximum Gasteiger partial charge on any atom is 0.214 e. The van der Waals surface area contributed by atoms with Crippen LogP contribution in [-0.2, 0) is 16.6 Å². The van der Waals surface area contributed by atoms with E-state index < -0.39 is 10.0 Å². The number of rotatable bonds is 8. The highest BCUT2D eigenvalue weighted by Crippen LogP contribution is 2.32. The van der Waals surface area contributed by atoms with Crippen molar-refractivity contribution < 1.29 is 17.9 Å². The number of ether oxygens (including phenoxy) is 2. The number of sulfonamides is 1. The lowest BCUT2D eigenvalue weighted by Crippen LogP contribution is -2.39. The van der Waals surface area contributed by atoms with Gasteiger partial charge >= 0.3 is 0 Å². The third kappa shape index (κ3) is 4.63. The molecule has 0 atom stereocenters. The molecular weight excluding hydrogens is 326 g/mol. The van der Waals surface area contributed by atoms with Crippen LogP contribution in [0.4, 0.5) is 0 Å². The zero-order chi connectivity index (χ0) is 17.7. The molecule has 0 N–H and O–H groups in total. The largest absolute Gasteiger partial charge is 0.493 e. The summed E-state index contributed by atoms with van der Waals surface area (Å²) in [7, 11) is -1.63. The van der Waals surface area contributed by atoms with Crippen molar-refractivity contribution >= 4 is 10.0 Å². The first-order chi connectivity index (χ1) is 11.4. The molecular formula is C18H29NO4S. The number of hydrogen-bond donors (Lipinski definition) is 0. The van der Waals surface area contributed by atoms with Crippen LogP contribution in [0.1, 0.15) is 52.0 Å². The van der Waals surface area contributed by atoms with Gasteiger partial charge in [-0.2, -0.15) is 4.31 Å². The molecule has 1 fully saturated rings. The minimum absolute atomic E-state index is 0.0273. The second-order valence-electron chi connectivity index (χ2n) is 6.54. The standard InChI is InChI=1S/C18H29NO4S/c1-5-24(20,21)19(16-8-6-7-9-16)13-15-10-11-17(22-4)18(12-15)23-14(2)3/h10-12,14,16H,5-9,13H2,1-4H3. The minimum atomic E-state index is -3.23. The Balaban J connectivity index is 2.28. The summed E-state index contributed by atoms with van der Waals surface area (Å²) in [4.78, 5) is 0. The lowest BCUT2D eigenvalue weighted by atomic mass is 10.1. The van der Waals surface area contributed by atoms with Crippen LogP contribution < -0.4 is 9.47 Å². The normalized spacial score (nSPS) is 16.1. The number of nitrogens with zero attached hydrogens (tertiary/aromatic N) is 1. The molecule has 0 radical (unpaired) electrons. The van der Waals surface area contributed by atoms with E-state index in [9.17, 15) is 8.42 Å². The van der Waals surface area contributed by atoms with Gasteiger partial charge in [-0.15, -0.1) is 0 Å². The Morgan fingerprint density at radius 2 is 1.88 bits per heavy atom. The summed E-state index contributed by atoms with van der Waals surface area (Å²) in [5, 5.41) is 0. The summed E-state index contributed by atoms with van der Waals surface area (Å²) < 4.78 is 37.9. The van der Waals surface area contributed by atoms with Crippen molar-refractivity contribution in [1.29, 1.82) is 0 Å². The lowest BCUT2D eigenvalue weighted by molar-refractivity contribution is 0.229. The summed E-state index contributed by atoms with van der Waals surface area (Å²) in [5.41, 5.74) is 0.926. The van der Waals surface area contributed by atoms with E-state index in [1.165, 1.54) is 0 Å². The van der Waals surface area contributed by atoms with Crippen LogP contribution in [0.25, 0.3) is 0 Å². The van der Waals surface area contributed by atoms with Gasteiger partial charge in [0.2, 0.25) is 10.0 Å². The summed E-state index contributed by atoms with van der Waals surface area (Å²) >= 11 is 0. The number of hydrogen-bond acceptors (Lipinski definition) is 4. The molecule has 1 saturated carbocycles. The Bertz CT molecular complexity index is 636.